The van der Waals surface area contributed by atoms with Crippen LogP contribution >= 0.6 is 0 Å². The van der Waals surface area contributed by atoms with Crippen LogP contribution in [0.1, 0.15) is 53.9 Å². The number of Topliss-reactive ketones (excluding diaryl/α,β-unsaturated/α-hetero) is 1. The lowest BCUT2D eigenvalue weighted by molar-refractivity contribution is -0.152. The smallest absolute Gasteiger partial charge is 0.305 e. The molecule has 3 nitrogen and oxygen atoms in total. The molecule has 0 unspecified atom stereocenters. The quantitative estimate of drug-likeness (QED) is 0.709. The van der Waals surface area contributed by atoms with Crippen molar-refractivity contribution in [2.45, 2.75) is 53.9 Å². The SMILES string of the molecule is CCC(=O)OCC(=O)[C@@]1(C)CC[C@@H](C)C1(C)C. The highest BCUT2D eigenvalue weighted by atomic mass is 16.5. The summed E-state index contributed by atoms with van der Waals surface area (Å²) < 4.78 is 4.97. The number of carbonyl (C=O) groups is 2. The van der Waals surface area contributed by atoms with Crippen LogP contribution in [0.3, 0.4) is 0 Å². The summed E-state index contributed by atoms with van der Waals surface area (Å²) in [6.07, 6.45) is 2.28. The second-order valence-corrected chi connectivity index (χ2v) is 5.93. The highest BCUT2D eigenvalue weighted by molar-refractivity contribution is 5.88. The second kappa shape index (κ2) is 4.79. The van der Waals surface area contributed by atoms with E-state index in [4.69, 9.17) is 4.74 Å². The van der Waals surface area contributed by atoms with Gasteiger partial charge in [-0.2, -0.15) is 0 Å². The van der Waals surface area contributed by atoms with E-state index in [1.54, 1.807) is 6.92 Å². The topological polar surface area (TPSA) is 43.4 Å². The molecule has 0 bridgehead atoms. The molecule has 0 saturated heterocycles. The third-order valence-corrected chi connectivity index (χ3v) is 5.00. The van der Waals surface area contributed by atoms with Gasteiger partial charge in [-0.05, 0) is 24.2 Å². The lowest BCUT2D eigenvalue weighted by Gasteiger charge is -2.39. The number of hydrogen-bond donors (Lipinski definition) is 0. The maximum absolute atomic E-state index is 12.3. The van der Waals surface area contributed by atoms with Crippen molar-refractivity contribution < 1.29 is 14.3 Å². The van der Waals surface area contributed by atoms with E-state index >= 15 is 0 Å². The molecular weight excluding hydrogens is 216 g/mol. The molecule has 1 aliphatic carbocycles. The van der Waals surface area contributed by atoms with Crippen molar-refractivity contribution in [1.82, 2.24) is 0 Å². The Labute approximate surface area is 104 Å². The predicted molar refractivity (Wildman–Crippen MR) is 66.5 cm³/mol. The number of esters is 1. The fraction of sp³-hybridized carbons (Fsp3) is 0.857. The molecule has 98 valence electrons. The molecular formula is C14H24O3. The Morgan fingerprint density at radius 1 is 1.29 bits per heavy atom. The van der Waals surface area contributed by atoms with Gasteiger partial charge in [-0.3, -0.25) is 9.59 Å². The van der Waals surface area contributed by atoms with Gasteiger partial charge in [-0.25, -0.2) is 0 Å². The molecule has 0 aromatic carbocycles. The summed E-state index contributed by atoms with van der Waals surface area (Å²) in [5.41, 5.74) is -0.386. The molecule has 0 aromatic heterocycles. The molecule has 0 aromatic rings. The maximum atomic E-state index is 12.3. The molecule has 2 atom stereocenters. The molecule has 0 spiro atoms. The number of ketones is 1. The minimum atomic E-state index is -0.361. The fourth-order valence-electron chi connectivity index (χ4n) is 2.64. The molecule has 1 saturated carbocycles. The molecule has 1 fully saturated rings. The summed E-state index contributed by atoms with van der Waals surface area (Å²) in [4.78, 5) is 23.4. The van der Waals surface area contributed by atoms with Crippen LogP contribution in [0.15, 0.2) is 0 Å². The third-order valence-electron chi connectivity index (χ3n) is 5.00. The van der Waals surface area contributed by atoms with E-state index in [0.29, 0.717) is 12.3 Å². The van der Waals surface area contributed by atoms with Crippen LogP contribution < -0.4 is 0 Å². The summed E-state index contributed by atoms with van der Waals surface area (Å²) in [5.74, 6) is 0.290. The van der Waals surface area contributed by atoms with E-state index in [2.05, 4.69) is 20.8 Å². The largest absolute Gasteiger partial charge is 0.458 e. The minimum Gasteiger partial charge on any atom is -0.458 e. The Hall–Kier alpha value is -0.860. The Morgan fingerprint density at radius 3 is 2.29 bits per heavy atom. The summed E-state index contributed by atoms with van der Waals surface area (Å²) >= 11 is 0. The molecule has 17 heavy (non-hydrogen) atoms. The molecule has 0 amide bonds. The van der Waals surface area contributed by atoms with Gasteiger partial charge in [0.2, 0.25) is 0 Å². The van der Waals surface area contributed by atoms with Crippen molar-refractivity contribution in [3.63, 3.8) is 0 Å². The van der Waals surface area contributed by atoms with Crippen LogP contribution in [0.25, 0.3) is 0 Å². The van der Waals surface area contributed by atoms with Crippen molar-refractivity contribution in [3.05, 3.63) is 0 Å². The molecule has 1 rings (SSSR count). The Bertz CT molecular complexity index is 319. The summed E-state index contributed by atoms with van der Waals surface area (Å²) in [7, 11) is 0. The highest BCUT2D eigenvalue weighted by Crippen LogP contribution is 2.56. The summed E-state index contributed by atoms with van der Waals surface area (Å²) in [5, 5.41) is 0. The van der Waals surface area contributed by atoms with E-state index in [1.807, 2.05) is 6.92 Å². The minimum absolute atomic E-state index is 0.0251. The average molecular weight is 240 g/mol. The Kier molecular flexibility index (Phi) is 4.00. The van der Waals surface area contributed by atoms with Crippen LogP contribution in [-0.4, -0.2) is 18.4 Å². The molecule has 1 aliphatic rings. The molecule has 3 heteroatoms. The lowest BCUT2D eigenvalue weighted by Crippen LogP contribution is -2.42. The predicted octanol–water partition coefficient (Wildman–Crippen LogP) is 2.97. The molecule has 0 aliphatic heterocycles. The van der Waals surface area contributed by atoms with Gasteiger partial charge in [0, 0.05) is 11.8 Å². The van der Waals surface area contributed by atoms with Gasteiger partial charge >= 0.3 is 5.97 Å². The number of rotatable bonds is 4. The van der Waals surface area contributed by atoms with E-state index in [1.165, 1.54) is 0 Å². The van der Waals surface area contributed by atoms with Crippen LogP contribution in [0.4, 0.5) is 0 Å². The Balaban J connectivity index is 2.71. The zero-order chi connectivity index (χ0) is 13.3. The molecule has 0 radical (unpaired) electrons. The fourth-order valence-corrected chi connectivity index (χ4v) is 2.64. The van der Waals surface area contributed by atoms with Crippen molar-refractivity contribution >= 4 is 11.8 Å². The normalized spacial score (nSPS) is 31.2. The number of ether oxygens (including phenoxy) is 1. The van der Waals surface area contributed by atoms with E-state index in [9.17, 15) is 9.59 Å². The molecule has 0 N–H and O–H groups in total. The van der Waals surface area contributed by atoms with Gasteiger partial charge in [0.1, 0.15) is 0 Å². The zero-order valence-corrected chi connectivity index (χ0v) is 11.6. The number of carbonyl (C=O) groups excluding carboxylic acids is 2. The van der Waals surface area contributed by atoms with Gasteiger partial charge in [0.05, 0.1) is 0 Å². The van der Waals surface area contributed by atoms with Gasteiger partial charge in [0.25, 0.3) is 0 Å². The van der Waals surface area contributed by atoms with Crippen LogP contribution in [-0.2, 0) is 14.3 Å². The second-order valence-electron chi connectivity index (χ2n) is 5.93. The van der Waals surface area contributed by atoms with Gasteiger partial charge in [-0.1, -0.05) is 34.6 Å². The van der Waals surface area contributed by atoms with Crippen molar-refractivity contribution in [2.24, 2.45) is 16.7 Å². The third kappa shape index (κ3) is 2.38. The van der Waals surface area contributed by atoms with E-state index in [-0.39, 0.29) is 29.2 Å². The van der Waals surface area contributed by atoms with E-state index in [0.717, 1.165) is 12.8 Å². The van der Waals surface area contributed by atoms with Crippen molar-refractivity contribution in [3.8, 4) is 0 Å². The highest BCUT2D eigenvalue weighted by Gasteiger charge is 2.53. The number of hydrogen-bond acceptors (Lipinski definition) is 3. The van der Waals surface area contributed by atoms with Gasteiger partial charge in [-0.15, -0.1) is 0 Å². The first-order valence-electron chi connectivity index (χ1n) is 6.44. The average Bonchev–Trinajstić information content (AvgIpc) is 2.50. The monoisotopic (exact) mass is 240 g/mol. The molecule has 0 heterocycles. The van der Waals surface area contributed by atoms with Gasteiger partial charge < -0.3 is 4.74 Å². The van der Waals surface area contributed by atoms with Crippen molar-refractivity contribution in [1.29, 1.82) is 0 Å². The summed E-state index contributed by atoms with van der Waals surface area (Å²) in [6.45, 7) is 10.2. The first-order valence-corrected chi connectivity index (χ1v) is 6.44. The Morgan fingerprint density at radius 2 is 1.88 bits per heavy atom. The first-order chi connectivity index (χ1) is 7.75. The first kappa shape index (κ1) is 14.2. The lowest BCUT2D eigenvalue weighted by atomic mass is 9.64. The summed E-state index contributed by atoms with van der Waals surface area (Å²) in [6, 6.07) is 0. The van der Waals surface area contributed by atoms with E-state index < -0.39 is 0 Å². The zero-order valence-electron chi connectivity index (χ0n) is 11.6. The van der Waals surface area contributed by atoms with Crippen molar-refractivity contribution in [2.75, 3.05) is 6.61 Å². The van der Waals surface area contributed by atoms with Crippen LogP contribution in [0.5, 0.6) is 0 Å². The van der Waals surface area contributed by atoms with Gasteiger partial charge in [0.15, 0.2) is 12.4 Å². The maximum Gasteiger partial charge on any atom is 0.305 e. The van der Waals surface area contributed by atoms with Crippen LogP contribution in [0, 0.1) is 16.7 Å². The standard InChI is InChI=1S/C14H24O3/c1-6-12(16)17-9-11(15)14(5)8-7-10(2)13(14,3)4/h10H,6-9H2,1-5H3/t10-,14-/m1/s1. The van der Waals surface area contributed by atoms with Crippen LogP contribution in [0.2, 0.25) is 0 Å².